The first-order valence-corrected chi connectivity index (χ1v) is 4.28. The molecule has 1 atom stereocenters. The summed E-state index contributed by atoms with van der Waals surface area (Å²) in [6.07, 6.45) is 1.08. The van der Waals surface area contributed by atoms with Crippen molar-refractivity contribution in [2.24, 2.45) is 0 Å². The second kappa shape index (κ2) is 4.00. The SMILES string of the molecule is CCC(C)Nc1cccc(O)c1. The lowest BCUT2D eigenvalue weighted by atomic mass is 10.2. The summed E-state index contributed by atoms with van der Waals surface area (Å²) in [5.74, 6) is 0.309. The summed E-state index contributed by atoms with van der Waals surface area (Å²) in [4.78, 5) is 0. The summed E-state index contributed by atoms with van der Waals surface area (Å²) in [7, 11) is 0. The van der Waals surface area contributed by atoms with E-state index in [9.17, 15) is 0 Å². The van der Waals surface area contributed by atoms with E-state index >= 15 is 0 Å². The van der Waals surface area contributed by atoms with Crippen LogP contribution in [-0.2, 0) is 0 Å². The molecule has 0 aliphatic heterocycles. The number of anilines is 1. The molecule has 1 aromatic carbocycles. The van der Waals surface area contributed by atoms with Crippen molar-refractivity contribution in [3.8, 4) is 5.75 Å². The average Bonchev–Trinajstić information content (AvgIpc) is 2.04. The number of benzene rings is 1. The highest BCUT2D eigenvalue weighted by atomic mass is 16.3. The van der Waals surface area contributed by atoms with Crippen molar-refractivity contribution < 1.29 is 5.11 Å². The minimum Gasteiger partial charge on any atom is -0.508 e. The molecule has 0 aliphatic rings. The highest BCUT2D eigenvalue weighted by Gasteiger charge is 1.98. The molecule has 0 bridgehead atoms. The highest BCUT2D eigenvalue weighted by Crippen LogP contribution is 2.16. The van der Waals surface area contributed by atoms with Crippen LogP contribution in [0.15, 0.2) is 24.3 Å². The van der Waals surface area contributed by atoms with Gasteiger partial charge in [-0.2, -0.15) is 0 Å². The Balaban J connectivity index is 2.63. The van der Waals surface area contributed by atoms with Crippen molar-refractivity contribution in [3.63, 3.8) is 0 Å². The van der Waals surface area contributed by atoms with Crippen LogP contribution in [0.2, 0.25) is 0 Å². The fourth-order valence-corrected chi connectivity index (χ4v) is 0.982. The van der Waals surface area contributed by atoms with E-state index in [0.29, 0.717) is 11.8 Å². The van der Waals surface area contributed by atoms with Gasteiger partial charge in [-0.3, -0.25) is 0 Å². The molecule has 1 unspecified atom stereocenters. The Hall–Kier alpha value is -1.18. The van der Waals surface area contributed by atoms with Crippen molar-refractivity contribution in [2.45, 2.75) is 26.3 Å². The molecule has 0 aliphatic carbocycles. The van der Waals surface area contributed by atoms with Crippen LogP contribution in [0.25, 0.3) is 0 Å². The van der Waals surface area contributed by atoms with Gasteiger partial charge in [-0.05, 0) is 25.5 Å². The third-order valence-corrected chi connectivity index (χ3v) is 1.87. The molecule has 2 nitrogen and oxygen atoms in total. The second-order valence-electron chi connectivity index (χ2n) is 3.00. The van der Waals surface area contributed by atoms with Crippen LogP contribution in [0, 0.1) is 0 Å². The third-order valence-electron chi connectivity index (χ3n) is 1.87. The molecule has 1 rings (SSSR count). The monoisotopic (exact) mass is 165 g/mol. The lowest BCUT2D eigenvalue weighted by Crippen LogP contribution is -2.12. The minimum absolute atomic E-state index is 0.309. The van der Waals surface area contributed by atoms with Gasteiger partial charge in [-0.1, -0.05) is 13.0 Å². The van der Waals surface area contributed by atoms with E-state index < -0.39 is 0 Å². The molecule has 0 saturated carbocycles. The number of rotatable bonds is 3. The van der Waals surface area contributed by atoms with E-state index in [4.69, 9.17) is 5.11 Å². The molecule has 0 spiro atoms. The normalized spacial score (nSPS) is 12.5. The summed E-state index contributed by atoms with van der Waals surface area (Å²) >= 11 is 0. The van der Waals surface area contributed by atoms with E-state index in [1.54, 1.807) is 12.1 Å². The molecule has 0 saturated heterocycles. The number of aromatic hydroxyl groups is 1. The van der Waals surface area contributed by atoms with Crippen LogP contribution in [-0.4, -0.2) is 11.1 Å². The lowest BCUT2D eigenvalue weighted by molar-refractivity contribution is 0.475. The van der Waals surface area contributed by atoms with Crippen molar-refractivity contribution in [1.29, 1.82) is 0 Å². The Morgan fingerprint density at radius 2 is 2.25 bits per heavy atom. The zero-order valence-electron chi connectivity index (χ0n) is 7.54. The first-order chi connectivity index (χ1) is 5.72. The molecule has 12 heavy (non-hydrogen) atoms. The van der Waals surface area contributed by atoms with Gasteiger partial charge in [0, 0.05) is 17.8 Å². The maximum Gasteiger partial charge on any atom is 0.117 e. The Morgan fingerprint density at radius 1 is 1.50 bits per heavy atom. The number of hydrogen-bond donors (Lipinski definition) is 2. The summed E-state index contributed by atoms with van der Waals surface area (Å²) in [5.41, 5.74) is 0.976. The standard InChI is InChI=1S/C10H15NO/c1-3-8(2)11-9-5-4-6-10(12)7-9/h4-8,11-12H,3H2,1-2H3. The molecular formula is C10H15NO. The Kier molecular flexibility index (Phi) is 2.97. The quantitative estimate of drug-likeness (QED) is 0.721. The van der Waals surface area contributed by atoms with Gasteiger partial charge in [0.1, 0.15) is 5.75 Å². The highest BCUT2D eigenvalue weighted by molar-refractivity contribution is 5.48. The predicted octanol–water partition coefficient (Wildman–Crippen LogP) is 2.60. The van der Waals surface area contributed by atoms with Crippen LogP contribution in [0.3, 0.4) is 0 Å². The van der Waals surface area contributed by atoms with Crippen LogP contribution in [0.4, 0.5) is 5.69 Å². The maximum absolute atomic E-state index is 9.16. The van der Waals surface area contributed by atoms with Gasteiger partial charge in [-0.15, -0.1) is 0 Å². The van der Waals surface area contributed by atoms with Gasteiger partial charge >= 0.3 is 0 Å². The van der Waals surface area contributed by atoms with Crippen LogP contribution >= 0.6 is 0 Å². The molecule has 0 heterocycles. The molecule has 0 amide bonds. The number of phenols is 1. The summed E-state index contributed by atoms with van der Waals surface area (Å²) in [5, 5.41) is 12.4. The molecule has 66 valence electrons. The zero-order chi connectivity index (χ0) is 8.97. The Morgan fingerprint density at radius 3 is 2.83 bits per heavy atom. The minimum atomic E-state index is 0.309. The molecule has 0 fully saturated rings. The topological polar surface area (TPSA) is 32.3 Å². The van der Waals surface area contributed by atoms with Gasteiger partial charge < -0.3 is 10.4 Å². The first kappa shape index (κ1) is 8.91. The fraction of sp³-hybridized carbons (Fsp3) is 0.400. The smallest absolute Gasteiger partial charge is 0.117 e. The van der Waals surface area contributed by atoms with Gasteiger partial charge in [0.05, 0.1) is 0 Å². The number of hydrogen-bond acceptors (Lipinski definition) is 2. The predicted molar refractivity (Wildman–Crippen MR) is 51.5 cm³/mol. The third kappa shape index (κ3) is 2.46. The summed E-state index contributed by atoms with van der Waals surface area (Å²) in [6, 6.07) is 7.63. The van der Waals surface area contributed by atoms with Gasteiger partial charge in [0.2, 0.25) is 0 Å². The average molecular weight is 165 g/mol. The maximum atomic E-state index is 9.16. The van der Waals surface area contributed by atoms with E-state index in [2.05, 4.69) is 19.2 Å². The Labute approximate surface area is 73.2 Å². The zero-order valence-corrected chi connectivity index (χ0v) is 7.54. The van der Waals surface area contributed by atoms with E-state index in [0.717, 1.165) is 12.1 Å². The molecule has 2 N–H and O–H groups in total. The number of nitrogens with one attached hydrogen (secondary N) is 1. The van der Waals surface area contributed by atoms with Gasteiger partial charge in [-0.25, -0.2) is 0 Å². The van der Waals surface area contributed by atoms with Crippen LogP contribution in [0.1, 0.15) is 20.3 Å². The summed E-state index contributed by atoms with van der Waals surface area (Å²) in [6.45, 7) is 4.24. The molecule has 2 heteroatoms. The van der Waals surface area contributed by atoms with Crippen molar-refractivity contribution in [2.75, 3.05) is 5.32 Å². The number of phenolic OH excluding ortho intramolecular Hbond substituents is 1. The van der Waals surface area contributed by atoms with E-state index in [1.165, 1.54) is 0 Å². The molecule has 1 aromatic rings. The van der Waals surface area contributed by atoms with E-state index in [-0.39, 0.29) is 0 Å². The van der Waals surface area contributed by atoms with Gasteiger partial charge in [0.25, 0.3) is 0 Å². The molecular weight excluding hydrogens is 150 g/mol. The largest absolute Gasteiger partial charge is 0.508 e. The second-order valence-corrected chi connectivity index (χ2v) is 3.00. The van der Waals surface area contributed by atoms with E-state index in [1.807, 2.05) is 12.1 Å². The fourth-order valence-electron chi connectivity index (χ4n) is 0.982. The van der Waals surface area contributed by atoms with Gasteiger partial charge in [0.15, 0.2) is 0 Å². The molecule has 0 aromatic heterocycles. The van der Waals surface area contributed by atoms with Crippen molar-refractivity contribution in [3.05, 3.63) is 24.3 Å². The lowest BCUT2D eigenvalue weighted by Gasteiger charge is -2.12. The van der Waals surface area contributed by atoms with Crippen LogP contribution in [0.5, 0.6) is 5.75 Å². The van der Waals surface area contributed by atoms with Crippen LogP contribution < -0.4 is 5.32 Å². The van der Waals surface area contributed by atoms with Crippen molar-refractivity contribution >= 4 is 5.69 Å². The first-order valence-electron chi connectivity index (χ1n) is 4.28. The Bertz CT molecular complexity index is 247. The van der Waals surface area contributed by atoms with Crippen molar-refractivity contribution in [1.82, 2.24) is 0 Å². The molecule has 0 radical (unpaired) electrons. The summed E-state index contributed by atoms with van der Waals surface area (Å²) < 4.78 is 0.